The van der Waals surface area contributed by atoms with Crippen molar-refractivity contribution in [1.82, 2.24) is 9.88 Å². The molecule has 0 bridgehead atoms. The monoisotopic (exact) mass is 256 g/mol. The SMILES string of the molecule is O=C1CC(CO)CN1Cc1ccc2ncccc2c1. The summed E-state index contributed by atoms with van der Waals surface area (Å²) in [6.45, 7) is 1.35. The van der Waals surface area contributed by atoms with Crippen LogP contribution in [0.3, 0.4) is 0 Å². The van der Waals surface area contributed by atoms with Gasteiger partial charge in [-0.15, -0.1) is 0 Å². The summed E-state index contributed by atoms with van der Waals surface area (Å²) in [5, 5.41) is 10.2. The Hall–Kier alpha value is -1.94. The first-order valence-electron chi connectivity index (χ1n) is 6.48. The molecule has 2 aromatic rings. The van der Waals surface area contributed by atoms with E-state index in [0.717, 1.165) is 16.5 Å². The van der Waals surface area contributed by atoms with E-state index in [-0.39, 0.29) is 18.4 Å². The molecule has 1 aliphatic rings. The van der Waals surface area contributed by atoms with Crippen molar-refractivity contribution in [3.8, 4) is 0 Å². The zero-order valence-electron chi connectivity index (χ0n) is 10.6. The molecule has 1 aliphatic heterocycles. The van der Waals surface area contributed by atoms with Gasteiger partial charge >= 0.3 is 0 Å². The van der Waals surface area contributed by atoms with Crippen LogP contribution in [-0.2, 0) is 11.3 Å². The van der Waals surface area contributed by atoms with Crippen LogP contribution >= 0.6 is 0 Å². The van der Waals surface area contributed by atoms with Crippen LogP contribution in [0, 0.1) is 5.92 Å². The maximum atomic E-state index is 11.8. The maximum absolute atomic E-state index is 11.8. The number of carbonyl (C=O) groups is 1. The zero-order valence-corrected chi connectivity index (χ0v) is 10.6. The van der Waals surface area contributed by atoms with Gasteiger partial charge in [0.15, 0.2) is 0 Å². The fourth-order valence-corrected chi connectivity index (χ4v) is 2.57. The first-order valence-corrected chi connectivity index (χ1v) is 6.48. The number of aliphatic hydroxyl groups excluding tert-OH is 1. The third-order valence-corrected chi connectivity index (χ3v) is 3.59. The van der Waals surface area contributed by atoms with Gasteiger partial charge in [0.2, 0.25) is 5.91 Å². The fourth-order valence-electron chi connectivity index (χ4n) is 2.57. The van der Waals surface area contributed by atoms with Gasteiger partial charge in [0.1, 0.15) is 0 Å². The number of hydrogen-bond acceptors (Lipinski definition) is 3. The van der Waals surface area contributed by atoms with E-state index in [4.69, 9.17) is 5.11 Å². The van der Waals surface area contributed by atoms with Gasteiger partial charge in [-0.1, -0.05) is 12.1 Å². The van der Waals surface area contributed by atoms with Gasteiger partial charge in [-0.05, 0) is 23.8 Å². The molecule has 0 aliphatic carbocycles. The van der Waals surface area contributed by atoms with Crippen molar-refractivity contribution in [1.29, 1.82) is 0 Å². The van der Waals surface area contributed by atoms with Gasteiger partial charge in [-0.25, -0.2) is 0 Å². The minimum Gasteiger partial charge on any atom is -0.396 e. The molecular weight excluding hydrogens is 240 g/mol. The van der Waals surface area contributed by atoms with E-state index in [1.165, 1.54) is 0 Å². The number of likely N-dealkylation sites (tertiary alicyclic amines) is 1. The summed E-state index contributed by atoms with van der Waals surface area (Å²) < 4.78 is 0. The largest absolute Gasteiger partial charge is 0.396 e. The maximum Gasteiger partial charge on any atom is 0.223 e. The first-order chi connectivity index (χ1) is 9.26. The van der Waals surface area contributed by atoms with Crippen LogP contribution < -0.4 is 0 Å². The fraction of sp³-hybridized carbons (Fsp3) is 0.333. The minimum atomic E-state index is 0.0872. The average Bonchev–Trinajstić information content (AvgIpc) is 2.79. The Balaban J connectivity index is 1.80. The second-order valence-electron chi connectivity index (χ2n) is 5.06. The van der Waals surface area contributed by atoms with E-state index >= 15 is 0 Å². The van der Waals surface area contributed by atoms with E-state index in [9.17, 15) is 4.79 Å². The minimum absolute atomic E-state index is 0.0872. The Kier molecular flexibility index (Phi) is 3.17. The summed E-state index contributed by atoms with van der Waals surface area (Å²) in [6.07, 6.45) is 2.24. The number of aromatic nitrogens is 1. The third kappa shape index (κ3) is 2.44. The summed E-state index contributed by atoms with van der Waals surface area (Å²) in [7, 11) is 0. The first kappa shape index (κ1) is 12.1. The predicted molar refractivity (Wildman–Crippen MR) is 72.4 cm³/mol. The molecule has 19 heavy (non-hydrogen) atoms. The van der Waals surface area contributed by atoms with Crippen LogP contribution in [0.1, 0.15) is 12.0 Å². The second-order valence-corrected chi connectivity index (χ2v) is 5.06. The van der Waals surface area contributed by atoms with E-state index in [1.54, 1.807) is 6.20 Å². The topological polar surface area (TPSA) is 53.4 Å². The van der Waals surface area contributed by atoms with E-state index in [2.05, 4.69) is 11.1 Å². The number of carbonyl (C=O) groups excluding carboxylic acids is 1. The van der Waals surface area contributed by atoms with Crippen LogP contribution in [-0.4, -0.2) is 34.0 Å². The average molecular weight is 256 g/mol. The molecule has 1 fully saturated rings. The van der Waals surface area contributed by atoms with Crippen molar-refractivity contribution in [2.75, 3.05) is 13.2 Å². The number of nitrogens with zero attached hydrogens (tertiary/aromatic N) is 2. The van der Waals surface area contributed by atoms with Crippen LogP contribution in [0.2, 0.25) is 0 Å². The second kappa shape index (κ2) is 4.97. The Labute approximate surface area is 111 Å². The van der Waals surface area contributed by atoms with Crippen molar-refractivity contribution in [2.45, 2.75) is 13.0 Å². The molecule has 3 rings (SSSR count). The van der Waals surface area contributed by atoms with Gasteiger partial charge in [0.25, 0.3) is 0 Å². The molecule has 0 spiro atoms. The molecule has 1 unspecified atom stereocenters. The Morgan fingerprint density at radius 2 is 2.26 bits per heavy atom. The number of rotatable bonds is 3. The number of aliphatic hydroxyl groups is 1. The molecule has 2 heterocycles. The van der Waals surface area contributed by atoms with Crippen molar-refractivity contribution in [3.05, 3.63) is 42.1 Å². The predicted octanol–water partition coefficient (Wildman–Crippen LogP) is 1.58. The molecule has 1 aromatic heterocycles. The summed E-state index contributed by atoms with van der Waals surface area (Å²) >= 11 is 0. The van der Waals surface area contributed by atoms with Gasteiger partial charge in [0.05, 0.1) is 5.52 Å². The Morgan fingerprint density at radius 1 is 1.37 bits per heavy atom. The highest BCUT2D eigenvalue weighted by atomic mass is 16.3. The van der Waals surface area contributed by atoms with Gasteiger partial charge in [0, 0.05) is 43.6 Å². The molecule has 0 radical (unpaired) electrons. The van der Waals surface area contributed by atoms with E-state index in [0.29, 0.717) is 19.5 Å². The molecule has 1 saturated heterocycles. The number of amides is 1. The molecule has 4 heteroatoms. The summed E-state index contributed by atoms with van der Waals surface area (Å²) in [6, 6.07) is 9.99. The van der Waals surface area contributed by atoms with Gasteiger partial charge < -0.3 is 10.0 Å². The highest BCUT2D eigenvalue weighted by molar-refractivity contribution is 5.80. The number of pyridine rings is 1. The summed E-state index contributed by atoms with van der Waals surface area (Å²) in [4.78, 5) is 17.9. The summed E-state index contributed by atoms with van der Waals surface area (Å²) in [5.41, 5.74) is 2.07. The molecular formula is C15H16N2O2. The molecule has 1 aromatic carbocycles. The van der Waals surface area contributed by atoms with Gasteiger partial charge in [-0.3, -0.25) is 9.78 Å². The standard InChI is InChI=1S/C15H16N2O2/c18-10-12-7-15(19)17(9-12)8-11-3-4-14-13(6-11)2-1-5-16-14/h1-6,12,18H,7-10H2. The van der Waals surface area contributed by atoms with Crippen molar-refractivity contribution < 1.29 is 9.90 Å². The molecule has 4 nitrogen and oxygen atoms in total. The Bertz CT molecular complexity index is 612. The normalized spacial score (nSPS) is 19.3. The quantitative estimate of drug-likeness (QED) is 0.907. The summed E-state index contributed by atoms with van der Waals surface area (Å²) in [5.74, 6) is 0.222. The van der Waals surface area contributed by atoms with E-state index in [1.807, 2.05) is 29.2 Å². The molecule has 1 amide bonds. The lowest BCUT2D eigenvalue weighted by molar-refractivity contribution is -0.128. The smallest absolute Gasteiger partial charge is 0.223 e. The zero-order chi connectivity index (χ0) is 13.2. The lowest BCUT2D eigenvalue weighted by Crippen LogP contribution is -2.24. The van der Waals surface area contributed by atoms with Crippen molar-refractivity contribution in [2.24, 2.45) is 5.92 Å². The van der Waals surface area contributed by atoms with Crippen molar-refractivity contribution >= 4 is 16.8 Å². The lowest BCUT2D eigenvalue weighted by Gasteiger charge is -2.16. The van der Waals surface area contributed by atoms with E-state index < -0.39 is 0 Å². The van der Waals surface area contributed by atoms with Gasteiger partial charge in [-0.2, -0.15) is 0 Å². The number of hydrogen-bond donors (Lipinski definition) is 1. The van der Waals surface area contributed by atoms with Crippen LogP contribution in [0.25, 0.3) is 10.9 Å². The number of fused-ring (bicyclic) bond motifs is 1. The third-order valence-electron chi connectivity index (χ3n) is 3.59. The molecule has 0 saturated carbocycles. The number of benzene rings is 1. The van der Waals surface area contributed by atoms with Crippen LogP contribution in [0.4, 0.5) is 0 Å². The highest BCUT2D eigenvalue weighted by Crippen LogP contribution is 2.21. The highest BCUT2D eigenvalue weighted by Gasteiger charge is 2.28. The van der Waals surface area contributed by atoms with Crippen molar-refractivity contribution in [3.63, 3.8) is 0 Å². The molecule has 1 N–H and O–H groups in total. The van der Waals surface area contributed by atoms with Crippen LogP contribution in [0.5, 0.6) is 0 Å². The molecule has 98 valence electrons. The lowest BCUT2D eigenvalue weighted by atomic mass is 10.1. The van der Waals surface area contributed by atoms with Crippen LogP contribution in [0.15, 0.2) is 36.5 Å². The molecule has 1 atom stereocenters. The Morgan fingerprint density at radius 3 is 3.05 bits per heavy atom.